The molecule has 44 heavy (non-hydrogen) atoms. The summed E-state index contributed by atoms with van der Waals surface area (Å²) in [5.41, 5.74) is -2.17. The number of urea groups is 1. The Balaban J connectivity index is 1.67. The van der Waals surface area contributed by atoms with Crippen molar-refractivity contribution in [2.24, 2.45) is 0 Å². The molecule has 0 radical (unpaired) electrons. The van der Waals surface area contributed by atoms with Crippen LogP contribution >= 0.6 is 0 Å². The number of halogens is 3. The van der Waals surface area contributed by atoms with E-state index in [9.17, 15) is 39.6 Å². The molecule has 11 nitrogen and oxygen atoms in total. The van der Waals surface area contributed by atoms with Gasteiger partial charge in [-0.15, -0.1) is 0 Å². The number of carbonyl (C=O) groups is 2. The molecule has 0 saturated carbocycles. The van der Waals surface area contributed by atoms with Crippen LogP contribution in [0, 0.1) is 0 Å². The minimum Gasteiger partial charge on any atom is -0.444 e. The van der Waals surface area contributed by atoms with E-state index in [1.54, 1.807) is 38.8 Å². The number of sulfonamides is 1. The van der Waals surface area contributed by atoms with Crippen LogP contribution < -0.4 is 4.72 Å². The number of benzene rings is 2. The van der Waals surface area contributed by atoms with E-state index in [2.05, 4.69) is 4.72 Å². The second kappa shape index (κ2) is 13.3. The topological polar surface area (TPSA) is 133 Å². The molecule has 3 amide bonds. The molecule has 0 bridgehead atoms. The fourth-order valence-corrected chi connectivity index (χ4v) is 7.22. The second-order valence-electron chi connectivity index (χ2n) is 11.4. The highest BCUT2D eigenvalue weighted by molar-refractivity contribution is 7.91. The van der Waals surface area contributed by atoms with Crippen molar-refractivity contribution in [2.45, 2.75) is 66.1 Å². The zero-order valence-corrected chi connectivity index (χ0v) is 26.7. The van der Waals surface area contributed by atoms with Gasteiger partial charge in [-0.25, -0.2) is 31.1 Å². The van der Waals surface area contributed by atoms with Crippen LogP contribution in [0.1, 0.15) is 39.2 Å². The van der Waals surface area contributed by atoms with E-state index in [1.807, 2.05) is 0 Å². The van der Waals surface area contributed by atoms with Crippen LogP contribution in [-0.2, 0) is 30.8 Å². The molecular weight excluding hydrogens is 625 g/mol. The van der Waals surface area contributed by atoms with Crippen molar-refractivity contribution in [3.8, 4) is 0 Å². The maximum atomic E-state index is 13.8. The van der Waals surface area contributed by atoms with E-state index in [-0.39, 0.29) is 17.5 Å². The van der Waals surface area contributed by atoms with E-state index in [4.69, 9.17) is 4.74 Å². The van der Waals surface area contributed by atoms with Crippen molar-refractivity contribution in [3.05, 3.63) is 54.1 Å². The highest BCUT2D eigenvalue weighted by Crippen LogP contribution is 2.36. The van der Waals surface area contributed by atoms with Crippen molar-refractivity contribution >= 4 is 32.0 Å². The smallest absolute Gasteiger partial charge is 0.417 e. The maximum Gasteiger partial charge on any atom is 0.417 e. The van der Waals surface area contributed by atoms with Gasteiger partial charge in [-0.3, -0.25) is 0 Å². The number of sulfone groups is 1. The summed E-state index contributed by atoms with van der Waals surface area (Å²) in [6.45, 7) is 5.42. The van der Waals surface area contributed by atoms with Crippen molar-refractivity contribution in [1.82, 2.24) is 19.4 Å². The molecular formula is C28H37F3N4O7S2. The molecule has 2 aromatic rings. The van der Waals surface area contributed by atoms with E-state index in [0.29, 0.717) is 44.1 Å². The highest BCUT2D eigenvalue weighted by atomic mass is 32.2. The number of hydrogen-bond acceptors (Lipinski definition) is 7. The number of carbonyl (C=O) groups excluding carboxylic acids is 2. The first-order chi connectivity index (χ1) is 20.2. The summed E-state index contributed by atoms with van der Waals surface area (Å²) in [4.78, 5) is 27.5. The number of rotatable bonds is 8. The number of ether oxygens (including phenoxy) is 1. The van der Waals surface area contributed by atoms with Gasteiger partial charge in [0.05, 0.1) is 20.2 Å². The van der Waals surface area contributed by atoms with Gasteiger partial charge in [0, 0.05) is 46.3 Å². The lowest BCUT2D eigenvalue weighted by molar-refractivity contribution is -0.139. The van der Waals surface area contributed by atoms with Crippen LogP contribution in [-0.4, -0.2) is 95.6 Å². The van der Waals surface area contributed by atoms with Gasteiger partial charge in [-0.1, -0.05) is 18.2 Å². The number of piperidine rings is 1. The third-order valence-electron chi connectivity index (χ3n) is 6.94. The molecule has 3 rings (SSSR count). The molecule has 244 valence electrons. The molecule has 16 heteroatoms. The SMILES string of the molecule is CN(CCNS(=O)(=O)c1cc(S(=O)(=O)c2ccccc2)ccc1C(F)(F)F)C(=O)N(C)C1CCN(C(=O)OC(C)(C)C)CC1. The van der Waals surface area contributed by atoms with Gasteiger partial charge in [0.2, 0.25) is 19.9 Å². The molecule has 0 atom stereocenters. The Morgan fingerprint density at radius 2 is 1.55 bits per heavy atom. The third kappa shape index (κ3) is 8.63. The Morgan fingerprint density at radius 3 is 2.09 bits per heavy atom. The van der Waals surface area contributed by atoms with Crippen molar-refractivity contribution in [2.75, 3.05) is 40.3 Å². The second-order valence-corrected chi connectivity index (χ2v) is 15.1. The number of nitrogens with zero attached hydrogens (tertiary/aromatic N) is 3. The van der Waals surface area contributed by atoms with Gasteiger partial charge >= 0.3 is 18.3 Å². The number of hydrogen-bond donors (Lipinski definition) is 1. The highest BCUT2D eigenvalue weighted by Gasteiger charge is 2.38. The van der Waals surface area contributed by atoms with Gasteiger partial charge in [0.25, 0.3) is 0 Å². The predicted octanol–water partition coefficient (Wildman–Crippen LogP) is 4.20. The summed E-state index contributed by atoms with van der Waals surface area (Å²) in [5, 5.41) is 0. The van der Waals surface area contributed by atoms with Gasteiger partial charge in [-0.05, 0) is 63.9 Å². The van der Waals surface area contributed by atoms with E-state index < -0.39 is 65.7 Å². The van der Waals surface area contributed by atoms with Gasteiger partial charge < -0.3 is 19.4 Å². The standard InChI is InChI=1S/C28H37F3N4O7S2/c1-27(2,3)42-26(37)35-16-13-20(14-17-35)34(5)25(36)33(4)18-15-32-44(40,41)24-19-22(11-12-23(24)28(29,30)31)43(38,39)21-9-7-6-8-10-21/h6-12,19-20,32H,13-18H2,1-5H3. The first kappa shape index (κ1) is 35.1. The predicted molar refractivity (Wildman–Crippen MR) is 155 cm³/mol. The zero-order chi connectivity index (χ0) is 33.1. The lowest BCUT2D eigenvalue weighted by Gasteiger charge is -2.38. The van der Waals surface area contributed by atoms with Gasteiger partial charge in [-0.2, -0.15) is 13.2 Å². The first-order valence-electron chi connectivity index (χ1n) is 13.7. The summed E-state index contributed by atoms with van der Waals surface area (Å²) < 4.78 is 101. The molecule has 0 unspecified atom stereocenters. The Morgan fingerprint density at radius 1 is 0.955 bits per heavy atom. The zero-order valence-electron chi connectivity index (χ0n) is 25.1. The minimum absolute atomic E-state index is 0.192. The Labute approximate surface area is 255 Å². The van der Waals surface area contributed by atoms with Crippen LogP contribution in [0.5, 0.6) is 0 Å². The fourth-order valence-electron chi connectivity index (χ4n) is 4.57. The molecule has 1 heterocycles. The first-order valence-corrected chi connectivity index (χ1v) is 16.7. The summed E-state index contributed by atoms with van der Waals surface area (Å²) in [7, 11) is -6.19. The van der Waals surface area contributed by atoms with Crippen LogP contribution in [0.4, 0.5) is 22.8 Å². The number of nitrogens with one attached hydrogen (secondary N) is 1. The average Bonchev–Trinajstić information content (AvgIpc) is 2.95. The molecule has 1 fully saturated rings. The third-order valence-corrected chi connectivity index (χ3v) is 10.2. The largest absolute Gasteiger partial charge is 0.444 e. The monoisotopic (exact) mass is 662 g/mol. The molecule has 1 aliphatic heterocycles. The molecule has 1 N–H and O–H groups in total. The van der Waals surface area contributed by atoms with E-state index in [1.165, 1.54) is 41.1 Å². The van der Waals surface area contributed by atoms with Gasteiger partial charge in [0.1, 0.15) is 5.60 Å². The van der Waals surface area contributed by atoms with Crippen molar-refractivity contribution < 1.29 is 44.3 Å². The maximum absolute atomic E-state index is 13.8. The number of likely N-dealkylation sites (tertiary alicyclic amines) is 1. The Hall–Kier alpha value is -3.37. The number of amides is 3. The van der Waals surface area contributed by atoms with Crippen molar-refractivity contribution in [3.63, 3.8) is 0 Å². The average molecular weight is 663 g/mol. The summed E-state index contributed by atoms with van der Waals surface area (Å²) in [6.07, 6.45) is -4.55. The molecule has 0 aliphatic carbocycles. The molecule has 1 saturated heterocycles. The Kier molecular flexibility index (Phi) is 10.6. The quantitative estimate of drug-likeness (QED) is 0.448. The van der Waals surface area contributed by atoms with E-state index >= 15 is 0 Å². The number of likely N-dealkylation sites (N-methyl/N-ethyl adjacent to an activating group) is 1. The van der Waals surface area contributed by atoms with Crippen LogP contribution in [0.2, 0.25) is 0 Å². The normalized spacial score (nSPS) is 15.1. The summed E-state index contributed by atoms with van der Waals surface area (Å²) in [6, 6.07) is 7.86. The van der Waals surface area contributed by atoms with Crippen LogP contribution in [0.25, 0.3) is 0 Å². The fraction of sp³-hybridized carbons (Fsp3) is 0.500. The lowest BCUT2D eigenvalue weighted by Crippen LogP contribution is -2.51. The van der Waals surface area contributed by atoms with Crippen molar-refractivity contribution in [1.29, 1.82) is 0 Å². The molecule has 0 spiro atoms. The summed E-state index contributed by atoms with van der Waals surface area (Å²) >= 11 is 0. The minimum atomic E-state index is -5.09. The van der Waals surface area contributed by atoms with Crippen LogP contribution in [0.3, 0.4) is 0 Å². The van der Waals surface area contributed by atoms with Crippen LogP contribution in [0.15, 0.2) is 63.2 Å². The lowest BCUT2D eigenvalue weighted by atomic mass is 10.0. The number of alkyl halides is 3. The molecule has 1 aliphatic rings. The molecule has 0 aromatic heterocycles. The summed E-state index contributed by atoms with van der Waals surface area (Å²) in [5.74, 6) is 0. The Bertz CT molecular complexity index is 1550. The van der Waals surface area contributed by atoms with E-state index in [0.717, 1.165) is 0 Å². The van der Waals surface area contributed by atoms with Gasteiger partial charge in [0.15, 0.2) is 0 Å². The molecule has 2 aromatic carbocycles.